The molecule has 0 saturated carbocycles. The monoisotopic (exact) mass is 562 g/mol. The summed E-state index contributed by atoms with van der Waals surface area (Å²) < 4.78 is 57.0. The molecule has 216 valence electrons. The molecule has 1 nitrogen and oxygen atoms in total. The van der Waals surface area contributed by atoms with Gasteiger partial charge in [-0.15, -0.1) is 0 Å². The summed E-state index contributed by atoms with van der Waals surface area (Å²) in [7, 11) is 0. The third kappa shape index (κ3) is 7.08. The van der Waals surface area contributed by atoms with Crippen LogP contribution in [0.3, 0.4) is 0 Å². The van der Waals surface area contributed by atoms with Gasteiger partial charge < -0.3 is 0 Å². The second kappa shape index (κ2) is 14.0. The molecule has 0 spiro atoms. The Kier molecular flexibility index (Phi) is 10.4. The Hall–Kier alpha value is -3.44. The lowest BCUT2D eigenvalue weighted by Crippen LogP contribution is -2.52. The van der Waals surface area contributed by atoms with Crippen molar-refractivity contribution in [3.8, 4) is 0 Å². The quantitative estimate of drug-likeness (QED) is 0.0815. The molecule has 0 aromatic heterocycles. The molecule has 5 heteroatoms. The van der Waals surface area contributed by atoms with Crippen LogP contribution >= 0.6 is 0 Å². The Morgan fingerprint density at radius 1 is 0.463 bits per heavy atom. The summed E-state index contributed by atoms with van der Waals surface area (Å²) in [6.07, 6.45) is 5.60. The maximum atomic E-state index is 14.1. The lowest BCUT2D eigenvalue weighted by molar-refractivity contribution is 0.253. The number of rotatable bonds is 14. The first-order valence-corrected chi connectivity index (χ1v) is 14.7. The van der Waals surface area contributed by atoms with Crippen molar-refractivity contribution in [2.75, 3.05) is 19.6 Å². The normalized spacial score (nSPS) is 12.0. The second-order valence-electron chi connectivity index (χ2n) is 11.0. The summed E-state index contributed by atoms with van der Waals surface area (Å²) in [4.78, 5) is 0. The van der Waals surface area contributed by atoms with Crippen LogP contribution in [-0.4, -0.2) is 19.6 Å². The van der Waals surface area contributed by atoms with E-state index in [1.165, 1.54) is 36.4 Å². The van der Waals surface area contributed by atoms with Crippen LogP contribution in [0.2, 0.25) is 0 Å². The molecule has 0 aliphatic heterocycles. The number of unbranched alkanes of at least 4 members (excludes halogenated alkanes) is 2. The smallest absolute Gasteiger partial charge is 0.133 e. The number of quaternary nitrogens is 1. The summed E-state index contributed by atoms with van der Waals surface area (Å²) in [5, 5.41) is 0. The highest BCUT2D eigenvalue weighted by Gasteiger charge is 2.38. The fourth-order valence-electron chi connectivity index (χ4n) is 6.18. The second-order valence-corrected chi connectivity index (χ2v) is 11.0. The average Bonchev–Trinajstić information content (AvgIpc) is 2.99. The van der Waals surface area contributed by atoms with Crippen LogP contribution in [-0.2, 0) is 5.41 Å². The predicted octanol–water partition coefficient (Wildman–Crippen LogP) is 9.97. The van der Waals surface area contributed by atoms with Gasteiger partial charge in [-0.1, -0.05) is 63.1 Å². The van der Waals surface area contributed by atoms with Gasteiger partial charge in [0.05, 0.1) is 19.6 Å². The van der Waals surface area contributed by atoms with Crippen molar-refractivity contribution in [1.29, 1.82) is 0 Å². The minimum Gasteiger partial charge on any atom is -0.291 e. The van der Waals surface area contributed by atoms with Crippen LogP contribution in [0.4, 0.5) is 23.2 Å². The number of halogens is 4. The minimum absolute atomic E-state index is 0.249. The Bertz CT molecular complexity index is 1230. The summed E-state index contributed by atoms with van der Waals surface area (Å²) in [5.41, 5.74) is 2.92. The zero-order valence-electron chi connectivity index (χ0n) is 24.1. The fourth-order valence-corrected chi connectivity index (χ4v) is 6.18. The number of hydrogen-bond donors (Lipinski definition) is 0. The van der Waals surface area contributed by atoms with Crippen molar-refractivity contribution in [2.24, 2.45) is 0 Å². The van der Waals surface area contributed by atoms with E-state index >= 15 is 0 Å². The van der Waals surface area contributed by atoms with Gasteiger partial charge in [0.1, 0.15) is 29.0 Å². The van der Waals surface area contributed by atoms with Gasteiger partial charge >= 0.3 is 0 Å². The molecule has 0 aliphatic rings. The number of benzene rings is 4. The molecular formula is C36H40F4N+. The third-order valence-corrected chi connectivity index (χ3v) is 8.40. The van der Waals surface area contributed by atoms with Crippen molar-refractivity contribution in [1.82, 2.24) is 4.48 Å². The maximum Gasteiger partial charge on any atom is 0.133 e. The Morgan fingerprint density at radius 3 is 1.12 bits per heavy atom. The molecule has 4 rings (SSSR count). The molecule has 4 aromatic rings. The molecule has 0 bridgehead atoms. The first-order chi connectivity index (χ1) is 19.8. The van der Waals surface area contributed by atoms with Crippen LogP contribution in [0.1, 0.15) is 69.1 Å². The van der Waals surface area contributed by atoms with Gasteiger partial charge in [-0.25, -0.2) is 17.6 Å². The van der Waals surface area contributed by atoms with E-state index in [4.69, 9.17) is 0 Å². The van der Waals surface area contributed by atoms with Crippen molar-refractivity contribution in [2.45, 2.75) is 57.8 Å². The van der Waals surface area contributed by atoms with Crippen molar-refractivity contribution in [3.63, 3.8) is 0 Å². The molecule has 0 aliphatic carbocycles. The molecule has 0 heterocycles. The molecule has 0 N–H and O–H groups in total. The Balaban J connectivity index is 1.81. The molecule has 41 heavy (non-hydrogen) atoms. The summed E-state index contributed by atoms with van der Waals surface area (Å²) in [6, 6.07) is 26.2. The largest absolute Gasteiger partial charge is 0.291 e. The van der Waals surface area contributed by atoms with E-state index in [-0.39, 0.29) is 23.3 Å². The molecule has 0 saturated heterocycles. The summed E-state index contributed by atoms with van der Waals surface area (Å²) >= 11 is 0. The van der Waals surface area contributed by atoms with E-state index in [1.54, 1.807) is 48.5 Å². The SMILES string of the molecule is CCCC[N+](CCCC)(CCCC(c1ccc(F)cc1)(c1ccc(F)cc1)c1ccc(F)cc1)c1ccc(F)cc1. The lowest BCUT2D eigenvalue weighted by Gasteiger charge is -2.41. The van der Waals surface area contributed by atoms with Crippen molar-refractivity contribution < 1.29 is 17.6 Å². The first-order valence-electron chi connectivity index (χ1n) is 14.7. The molecule has 0 amide bonds. The van der Waals surface area contributed by atoms with Gasteiger partial charge in [0.15, 0.2) is 0 Å². The minimum atomic E-state index is -0.761. The van der Waals surface area contributed by atoms with Gasteiger partial charge in [-0.3, -0.25) is 4.48 Å². The van der Waals surface area contributed by atoms with E-state index < -0.39 is 5.41 Å². The number of nitrogens with zero attached hydrogens (tertiary/aromatic N) is 1. The highest BCUT2D eigenvalue weighted by molar-refractivity contribution is 5.51. The van der Waals surface area contributed by atoms with Gasteiger partial charge in [0.2, 0.25) is 0 Å². The molecule has 4 aromatic carbocycles. The Morgan fingerprint density at radius 2 is 0.780 bits per heavy atom. The standard InChI is InChI=1S/C36H40F4N/c1-3-5-25-41(26-6-4-2,35-22-20-34(40)21-23-35)27-7-24-36(28-8-14-31(37)15-9-28,29-10-16-32(38)17-11-29)30-12-18-33(39)19-13-30/h8-23H,3-7,24-27H2,1-2H3/q+1. The predicted molar refractivity (Wildman–Crippen MR) is 161 cm³/mol. The topological polar surface area (TPSA) is 0 Å². The lowest BCUT2D eigenvalue weighted by atomic mass is 9.66. The highest BCUT2D eigenvalue weighted by Crippen LogP contribution is 2.44. The van der Waals surface area contributed by atoms with E-state index in [9.17, 15) is 17.6 Å². The molecule has 0 fully saturated rings. The molecule has 0 radical (unpaired) electrons. The van der Waals surface area contributed by atoms with Crippen molar-refractivity contribution in [3.05, 3.63) is 137 Å². The van der Waals surface area contributed by atoms with E-state index in [0.717, 1.165) is 78.6 Å². The van der Waals surface area contributed by atoms with Crippen LogP contribution in [0.15, 0.2) is 97.1 Å². The zero-order valence-corrected chi connectivity index (χ0v) is 24.1. The Labute approximate surface area is 242 Å². The van der Waals surface area contributed by atoms with E-state index in [0.29, 0.717) is 6.42 Å². The van der Waals surface area contributed by atoms with Crippen LogP contribution < -0.4 is 4.48 Å². The summed E-state index contributed by atoms with van der Waals surface area (Å²) in [5.74, 6) is -1.27. The first kappa shape index (κ1) is 30.5. The maximum absolute atomic E-state index is 14.1. The molecular weight excluding hydrogens is 522 g/mol. The van der Waals surface area contributed by atoms with Crippen LogP contribution in [0.5, 0.6) is 0 Å². The van der Waals surface area contributed by atoms with Gasteiger partial charge in [0, 0.05) is 17.5 Å². The van der Waals surface area contributed by atoms with Gasteiger partial charge in [-0.05, 0) is 90.9 Å². The average molecular weight is 563 g/mol. The van der Waals surface area contributed by atoms with Crippen LogP contribution in [0, 0.1) is 23.3 Å². The highest BCUT2D eigenvalue weighted by atomic mass is 19.1. The van der Waals surface area contributed by atoms with Gasteiger partial charge in [0.25, 0.3) is 0 Å². The molecule has 0 atom stereocenters. The molecule has 0 unspecified atom stereocenters. The van der Waals surface area contributed by atoms with E-state index in [2.05, 4.69) is 13.8 Å². The third-order valence-electron chi connectivity index (χ3n) is 8.40. The summed E-state index contributed by atoms with van der Waals surface area (Å²) in [6.45, 7) is 7.07. The number of hydrogen-bond acceptors (Lipinski definition) is 0. The van der Waals surface area contributed by atoms with Crippen LogP contribution in [0.25, 0.3) is 0 Å². The zero-order chi connectivity index (χ0) is 29.3. The van der Waals surface area contributed by atoms with E-state index in [1.807, 2.05) is 12.1 Å². The fraction of sp³-hybridized carbons (Fsp3) is 0.333. The van der Waals surface area contributed by atoms with Crippen molar-refractivity contribution >= 4 is 5.69 Å². The van der Waals surface area contributed by atoms with Gasteiger partial charge in [-0.2, -0.15) is 0 Å².